The number of nitrogens with zero attached hydrogens (tertiary/aromatic N) is 5. The Kier molecular flexibility index (Phi) is 3.20. The Morgan fingerprint density at radius 2 is 2.16 bits per heavy atom. The molecule has 0 spiro atoms. The third kappa shape index (κ3) is 2.76. The predicted molar refractivity (Wildman–Crippen MR) is 76.1 cm³/mol. The van der Waals surface area contributed by atoms with Crippen molar-refractivity contribution < 1.29 is 0 Å². The summed E-state index contributed by atoms with van der Waals surface area (Å²) in [5, 5.41) is 11.9. The van der Waals surface area contributed by atoms with Crippen LogP contribution >= 0.6 is 15.9 Å². The van der Waals surface area contributed by atoms with Crippen LogP contribution < -0.4 is 5.32 Å². The molecule has 1 N–H and O–H groups in total. The minimum atomic E-state index is 0.633. The van der Waals surface area contributed by atoms with Gasteiger partial charge in [0.15, 0.2) is 5.65 Å². The molecule has 19 heavy (non-hydrogen) atoms. The quantitative estimate of drug-likeness (QED) is 0.797. The molecule has 0 aliphatic rings. The second kappa shape index (κ2) is 5.00. The van der Waals surface area contributed by atoms with E-state index in [9.17, 15) is 0 Å². The second-order valence-electron chi connectivity index (χ2n) is 4.24. The molecule has 6 nitrogen and oxygen atoms in total. The van der Waals surface area contributed by atoms with Gasteiger partial charge >= 0.3 is 0 Å². The highest BCUT2D eigenvalue weighted by molar-refractivity contribution is 9.10. The van der Waals surface area contributed by atoms with Gasteiger partial charge in [-0.2, -0.15) is 10.1 Å². The second-order valence-corrected chi connectivity index (χ2v) is 5.16. The van der Waals surface area contributed by atoms with Crippen molar-refractivity contribution in [3.63, 3.8) is 0 Å². The van der Waals surface area contributed by atoms with Gasteiger partial charge < -0.3 is 5.32 Å². The van der Waals surface area contributed by atoms with E-state index in [-0.39, 0.29) is 0 Å². The van der Waals surface area contributed by atoms with E-state index in [4.69, 9.17) is 0 Å². The first-order valence-corrected chi connectivity index (χ1v) is 6.74. The predicted octanol–water partition coefficient (Wildman–Crippen LogP) is 1.88. The molecule has 0 fully saturated rings. The summed E-state index contributed by atoms with van der Waals surface area (Å²) in [6, 6.07) is 5.87. The van der Waals surface area contributed by atoms with Gasteiger partial charge in [0.25, 0.3) is 0 Å². The van der Waals surface area contributed by atoms with E-state index in [1.54, 1.807) is 9.20 Å². The Bertz CT molecular complexity index is 701. The topological polar surface area (TPSA) is 60.0 Å². The molecular weight excluding hydrogens is 308 g/mol. The smallest absolute Gasteiger partial charge is 0.243 e. The van der Waals surface area contributed by atoms with E-state index < -0.39 is 0 Å². The third-order valence-electron chi connectivity index (χ3n) is 2.73. The minimum Gasteiger partial charge on any atom is -0.353 e. The van der Waals surface area contributed by atoms with Crippen LogP contribution in [0.25, 0.3) is 5.65 Å². The molecular formula is C12H13BrN6. The summed E-state index contributed by atoms with van der Waals surface area (Å²) in [5.41, 5.74) is 1.88. The van der Waals surface area contributed by atoms with Crippen LogP contribution in [-0.4, -0.2) is 30.9 Å². The summed E-state index contributed by atoms with van der Waals surface area (Å²) in [5.74, 6) is 0.633. The number of rotatable bonds is 4. The fourth-order valence-corrected chi connectivity index (χ4v) is 2.16. The van der Waals surface area contributed by atoms with E-state index in [0.29, 0.717) is 5.95 Å². The number of pyridine rings is 1. The number of fused-ring (bicyclic) bond motifs is 1. The molecule has 0 atom stereocenters. The van der Waals surface area contributed by atoms with Crippen molar-refractivity contribution in [1.82, 2.24) is 24.4 Å². The van der Waals surface area contributed by atoms with E-state index in [0.717, 1.165) is 28.8 Å². The molecule has 3 aromatic rings. The Balaban J connectivity index is 1.65. The van der Waals surface area contributed by atoms with Crippen LogP contribution in [0.1, 0.15) is 5.69 Å². The summed E-state index contributed by atoms with van der Waals surface area (Å²) in [7, 11) is 1.92. The normalized spacial score (nSPS) is 11.1. The zero-order valence-corrected chi connectivity index (χ0v) is 12.0. The van der Waals surface area contributed by atoms with Gasteiger partial charge in [-0.1, -0.05) is 0 Å². The molecule has 3 heterocycles. The molecule has 0 aliphatic heterocycles. The average molecular weight is 321 g/mol. The average Bonchev–Trinajstić information content (AvgIpc) is 2.95. The highest BCUT2D eigenvalue weighted by Gasteiger charge is 2.03. The van der Waals surface area contributed by atoms with Crippen molar-refractivity contribution in [1.29, 1.82) is 0 Å². The Hall–Kier alpha value is -1.89. The number of hydrogen-bond acceptors (Lipinski definition) is 4. The molecule has 3 rings (SSSR count). The first-order chi connectivity index (χ1) is 9.20. The lowest BCUT2D eigenvalue weighted by molar-refractivity contribution is 0.741. The van der Waals surface area contributed by atoms with Crippen molar-refractivity contribution in [2.75, 3.05) is 11.9 Å². The summed E-state index contributed by atoms with van der Waals surface area (Å²) in [6.45, 7) is 0.759. The van der Waals surface area contributed by atoms with Crippen molar-refractivity contribution in [2.45, 2.75) is 6.42 Å². The van der Waals surface area contributed by atoms with Crippen LogP contribution in [0.3, 0.4) is 0 Å². The van der Waals surface area contributed by atoms with Crippen molar-refractivity contribution >= 4 is 27.5 Å². The van der Waals surface area contributed by atoms with Gasteiger partial charge in [0.05, 0.1) is 5.69 Å². The van der Waals surface area contributed by atoms with Gasteiger partial charge in [0, 0.05) is 36.9 Å². The van der Waals surface area contributed by atoms with Gasteiger partial charge in [-0.25, -0.2) is 4.52 Å². The zero-order valence-electron chi connectivity index (χ0n) is 10.4. The Morgan fingerprint density at radius 1 is 1.26 bits per heavy atom. The molecule has 0 radical (unpaired) electrons. The summed E-state index contributed by atoms with van der Waals surface area (Å²) in [6.07, 6.45) is 4.67. The number of anilines is 1. The van der Waals surface area contributed by atoms with Crippen LogP contribution in [-0.2, 0) is 13.5 Å². The fraction of sp³-hybridized carbons (Fsp3) is 0.250. The molecule has 0 amide bonds. The third-order valence-corrected chi connectivity index (χ3v) is 3.20. The minimum absolute atomic E-state index is 0.633. The van der Waals surface area contributed by atoms with Gasteiger partial charge in [-0.15, -0.1) is 5.10 Å². The number of aryl methyl sites for hydroxylation is 1. The van der Waals surface area contributed by atoms with Crippen molar-refractivity contribution in [3.8, 4) is 0 Å². The van der Waals surface area contributed by atoms with Crippen molar-refractivity contribution in [3.05, 3.63) is 40.8 Å². The van der Waals surface area contributed by atoms with Gasteiger partial charge in [-0.05, 0) is 34.1 Å². The molecule has 7 heteroatoms. The molecule has 3 aromatic heterocycles. The molecule has 0 saturated carbocycles. The van der Waals surface area contributed by atoms with Crippen molar-refractivity contribution in [2.24, 2.45) is 7.05 Å². The standard InChI is InChI=1S/C12H13BrN6/c1-18-7-5-10(16-18)4-6-14-12-15-11-3-2-9(13)8-19(11)17-12/h2-3,5,7-8H,4,6H2,1H3,(H,14,17). The first-order valence-electron chi connectivity index (χ1n) is 5.95. The maximum atomic E-state index is 4.38. The van der Waals surface area contributed by atoms with Crippen LogP contribution in [0.2, 0.25) is 0 Å². The lowest BCUT2D eigenvalue weighted by Crippen LogP contribution is -2.07. The van der Waals surface area contributed by atoms with E-state index in [2.05, 4.69) is 36.4 Å². The summed E-state index contributed by atoms with van der Waals surface area (Å²) < 4.78 is 4.52. The molecule has 0 aromatic carbocycles. The number of aromatic nitrogens is 5. The molecule has 0 saturated heterocycles. The van der Waals surface area contributed by atoms with E-state index in [1.807, 2.05) is 37.6 Å². The SMILES string of the molecule is Cn1ccc(CCNc2nc3ccc(Br)cn3n2)n1. The van der Waals surface area contributed by atoms with Gasteiger partial charge in [0.2, 0.25) is 5.95 Å². The molecule has 0 aliphatic carbocycles. The van der Waals surface area contributed by atoms with E-state index >= 15 is 0 Å². The molecule has 0 bridgehead atoms. The van der Waals surface area contributed by atoms with Gasteiger partial charge in [0.1, 0.15) is 0 Å². The Labute approximate surface area is 118 Å². The highest BCUT2D eigenvalue weighted by Crippen LogP contribution is 2.12. The summed E-state index contributed by atoms with van der Waals surface area (Å²) in [4.78, 5) is 4.38. The van der Waals surface area contributed by atoms with E-state index in [1.165, 1.54) is 0 Å². The highest BCUT2D eigenvalue weighted by atomic mass is 79.9. The first kappa shape index (κ1) is 12.2. The zero-order chi connectivity index (χ0) is 13.2. The van der Waals surface area contributed by atoms with Crippen LogP contribution in [0.5, 0.6) is 0 Å². The largest absolute Gasteiger partial charge is 0.353 e. The molecule has 98 valence electrons. The van der Waals surface area contributed by atoms with Gasteiger partial charge in [-0.3, -0.25) is 4.68 Å². The lowest BCUT2D eigenvalue weighted by atomic mass is 10.3. The summed E-state index contributed by atoms with van der Waals surface area (Å²) >= 11 is 3.41. The Morgan fingerprint density at radius 3 is 2.95 bits per heavy atom. The maximum absolute atomic E-state index is 4.38. The number of nitrogens with one attached hydrogen (secondary N) is 1. The number of halogens is 1. The van der Waals surface area contributed by atoms with Crippen LogP contribution in [0.4, 0.5) is 5.95 Å². The van der Waals surface area contributed by atoms with Crippen LogP contribution in [0, 0.1) is 0 Å². The number of hydrogen-bond donors (Lipinski definition) is 1. The maximum Gasteiger partial charge on any atom is 0.243 e. The monoisotopic (exact) mass is 320 g/mol. The fourth-order valence-electron chi connectivity index (χ4n) is 1.83. The molecule has 0 unspecified atom stereocenters. The van der Waals surface area contributed by atoms with Crippen LogP contribution in [0.15, 0.2) is 35.1 Å². The lowest BCUT2D eigenvalue weighted by Gasteiger charge is -1.98.